The minimum atomic E-state index is 0. The predicted octanol–water partition coefficient (Wildman–Crippen LogP) is 21.0. The maximum Gasteiger partial charge on any atom is 2.00 e. The van der Waals surface area contributed by atoms with Gasteiger partial charge in [0.1, 0.15) is 0 Å². The number of hydrogen-bond donors (Lipinski definition) is 0. The summed E-state index contributed by atoms with van der Waals surface area (Å²) in [5.74, 6) is 0. The molecule has 0 amide bonds. The average Bonchev–Trinajstić information content (AvgIpc) is 3.29. The fourth-order valence-corrected chi connectivity index (χ4v) is 9.89. The van der Waals surface area contributed by atoms with Gasteiger partial charge in [-0.2, -0.15) is 0 Å². The third-order valence-electron chi connectivity index (χ3n) is 13.6. The Labute approximate surface area is 444 Å². The van der Waals surface area contributed by atoms with E-state index in [4.69, 9.17) is 49.7 Å². The molecule has 7 heteroatoms. The summed E-state index contributed by atoms with van der Waals surface area (Å²) in [5, 5.41) is 0. The molecule has 2 nitrogen and oxygen atoms in total. The van der Waals surface area contributed by atoms with Crippen molar-refractivity contribution in [3.8, 4) is 0 Å². The molecule has 0 unspecified atom stereocenters. The summed E-state index contributed by atoms with van der Waals surface area (Å²) in [4.78, 5) is 4.58. The van der Waals surface area contributed by atoms with E-state index in [0.717, 1.165) is 26.2 Å². The number of nitrogens with zero attached hydrogens (tertiary/aromatic N) is 2. The summed E-state index contributed by atoms with van der Waals surface area (Å²) in [5.41, 5.74) is 0. The van der Waals surface area contributed by atoms with Crippen LogP contribution in [0.4, 0.5) is 0 Å². The second-order valence-corrected chi connectivity index (χ2v) is 22.1. The largest absolute Gasteiger partial charge is 2.00 e. The maximum absolute atomic E-state index is 5.33. The summed E-state index contributed by atoms with van der Waals surface area (Å²) in [6.07, 6.45) is 67.2. The van der Waals surface area contributed by atoms with Crippen LogP contribution < -0.4 is 0 Å². The minimum Gasteiger partial charge on any atom is -0.411 e. The van der Waals surface area contributed by atoms with Gasteiger partial charge in [-0.15, -0.1) is 0 Å². The van der Waals surface area contributed by atoms with Crippen molar-refractivity contribution in [1.82, 2.24) is 9.80 Å². The first-order valence-corrected chi connectivity index (χ1v) is 31.0. The Morgan fingerprint density at radius 3 is 0.446 bits per heavy atom. The van der Waals surface area contributed by atoms with Gasteiger partial charge < -0.3 is 59.5 Å². The number of unbranched alkanes of at least 4 members (excludes halogenated alkanes) is 44. The van der Waals surface area contributed by atoms with Crippen molar-refractivity contribution in [3.05, 3.63) is 0 Å². The second-order valence-electron chi connectivity index (χ2n) is 20.1. The topological polar surface area (TPSA) is 6.48 Å². The average molecular weight is 1030 g/mol. The van der Waals surface area contributed by atoms with E-state index in [2.05, 4.69) is 37.5 Å². The number of thiocarbonyl (C=S) groups is 2. The summed E-state index contributed by atoms with van der Waals surface area (Å²) in [7, 11) is 0. The van der Waals surface area contributed by atoms with Crippen molar-refractivity contribution >= 4 is 58.3 Å². The van der Waals surface area contributed by atoms with Crippen LogP contribution in [0.2, 0.25) is 0 Å². The summed E-state index contributed by atoms with van der Waals surface area (Å²) in [6, 6.07) is 0. The van der Waals surface area contributed by atoms with Crippen molar-refractivity contribution in [2.45, 2.75) is 336 Å². The van der Waals surface area contributed by atoms with Crippen LogP contribution in [0.1, 0.15) is 336 Å². The molecule has 0 heterocycles. The normalized spacial score (nSPS) is 11.0. The molecule has 0 rings (SSSR count). The molecule has 0 fully saturated rings. The molecule has 0 bridgehead atoms. The molecule has 393 valence electrons. The van der Waals surface area contributed by atoms with Gasteiger partial charge in [0.15, 0.2) is 0 Å². The van der Waals surface area contributed by atoms with Crippen LogP contribution in [-0.4, -0.2) is 44.6 Å². The molecule has 0 aliphatic carbocycles. The number of rotatable bonds is 52. The Kier molecular flexibility index (Phi) is 67.6. The van der Waals surface area contributed by atoms with Crippen LogP contribution in [0, 0.1) is 0 Å². The first-order chi connectivity index (χ1) is 31.4. The van der Waals surface area contributed by atoms with Gasteiger partial charge in [0, 0.05) is 26.2 Å². The van der Waals surface area contributed by atoms with E-state index in [1.807, 2.05) is 0 Å². The van der Waals surface area contributed by atoms with Crippen LogP contribution in [0.25, 0.3) is 0 Å². The van der Waals surface area contributed by atoms with Crippen molar-refractivity contribution in [2.24, 2.45) is 0 Å². The molecule has 0 aromatic rings. The minimum absolute atomic E-state index is 0. The van der Waals surface area contributed by atoms with Gasteiger partial charge in [0.25, 0.3) is 0 Å². The molecule has 0 aliphatic rings. The second kappa shape index (κ2) is 62.8. The third-order valence-corrected chi connectivity index (χ3v) is 14.7. The van der Waals surface area contributed by atoms with Gasteiger partial charge in [-0.25, -0.2) is 0 Å². The molecule has 0 aliphatic heterocycles. The predicted molar refractivity (Wildman–Crippen MR) is 307 cm³/mol. The zero-order valence-corrected chi connectivity index (χ0v) is 48.8. The van der Waals surface area contributed by atoms with Crippen molar-refractivity contribution < 1.29 is 17.1 Å². The molecule has 1 radical (unpaired) electrons. The Bertz CT molecular complexity index is 766. The third kappa shape index (κ3) is 60.8. The Morgan fingerprint density at radius 2 is 0.338 bits per heavy atom. The summed E-state index contributed by atoms with van der Waals surface area (Å²) >= 11 is 21.3. The summed E-state index contributed by atoms with van der Waals surface area (Å²) in [6.45, 7) is 13.5. The standard InChI is InChI=1S/2C29H59NS2.Cu/c2*1-3-5-7-9-11-13-15-17-19-21-23-25-27-30(29(31)32)28-26-24-22-20-18-16-14-12-10-8-6-4-2;/h2*3-28H2,1-2H3,(H,31,32);/q;;+2/p-2. The van der Waals surface area contributed by atoms with Crippen molar-refractivity contribution in [1.29, 1.82) is 0 Å². The quantitative estimate of drug-likeness (QED) is 0.0257. The maximum atomic E-state index is 5.33. The van der Waals surface area contributed by atoms with Crippen LogP contribution in [0.5, 0.6) is 0 Å². The SMILES string of the molecule is CCCCCCCCCCCCCCN(CCCCCCCCCCCCCC)C(=S)[S-].CCCCCCCCCCCCCCN(CCCCCCCCCCCCCC)C(=S)[S-].[Cu+2]. The van der Waals surface area contributed by atoms with Crippen molar-refractivity contribution in [3.63, 3.8) is 0 Å². The molecule has 0 saturated heterocycles. The molecule has 0 N–H and O–H groups in total. The van der Waals surface area contributed by atoms with Gasteiger partial charge in [-0.3, -0.25) is 0 Å². The first-order valence-electron chi connectivity index (χ1n) is 29.4. The fraction of sp³-hybridized carbons (Fsp3) is 0.966. The molecule has 0 saturated carbocycles. The van der Waals surface area contributed by atoms with E-state index in [0.29, 0.717) is 8.64 Å². The van der Waals surface area contributed by atoms with E-state index < -0.39 is 0 Å². The van der Waals surface area contributed by atoms with Crippen LogP contribution in [0.15, 0.2) is 0 Å². The fourth-order valence-electron chi connectivity index (χ4n) is 9.16. The van der Waals surface area contributed by atoms with E-state index >= 15 is 0 Å². The summed E-state index contributed by atoms with van der Waals surface area (Å²) < 4.78 is 1.38. The Hall–Kier alpha value is 0.739. The smallest absolute Gasteiger partial charge is 0.411 e. The van der Waals surface area contributed by atoms with E-state index in [-0.39, 0.29) is 17.1 Å². The number of hydrogen-bond acceptors (Lipinski definition) is 4. The van der Waals surface area contributed by atoms with Gasteiger partial charge in [0.2, 0.25) is 0 Å². The zero-order valence-electron chi connectivity index (χ0n) is 44.6. The Morgan fingerprint density at radius 1 is 0.231 bits per heavy atom. The molecular weight excluding hydrogens is 916 g/mol. The monoisotopic (exact) mass is 1030 g/mol. The molecule has 0 aromatic heterocycles. The van der Waals surface area contributed by atoms with Crippen LogP contribution >= 0.6 is 24.4 Å². The van der Waals surface area contributed by atoms with E-state index in [9.17, 15) is 0 Å². The van der Waals surface area contributed by atoms with Gasteiger partial charge in [-0.05, 0) is 25.7 Å². The van der Waals surface area contributed by atoms with Gasteiger partial charge >= 0.3 is 17.1 Å². The van der Waals surface area contributed by atoms with Crippen LogP contribution in [-0.2, 0) is 42.3 Å². The van der Waals surface area contributed by atoms with Gasteiger partial charge in [-0.1, -0.05) is 319 Å². The van der Waals surface area contributed by atoms with Gasteiger partial charge in [0.05, 0.1) is 0 Å². The van der Waals surface area contributed by atoms with E-state index in [1.165, 1.54) is 308 Å². The molecule has 0 atom stereocenters. The first kappa shape index (κ1) is 70.0. The Balaban J connectivity index is -0.00000116. The zero-order chi connectivity index (χ0) is 47.1. The van der Waals surface area contributed by atoms with E-state index in [1.54, 1.807) is 0 Å². The molecule has 0 spiro atoms. The van der Waals surface area contributed by atoms with Crippen molar-refractivity contribution in [2.75, 3.05) is 26.2 Å². The molecular formula is C58H116CuN2S4. The molecule has 65 heavy (non-hydrogen) atoms. The molecule has 0 aromatic carbocycles. The van der Waals surface area contributed by atoms with Crippen LogP contribution in [0.3, 0.4) is 0 Å².